The summed E-state index contributed by atoms with van der Waals surface area (Å²) in [6.45, 7) is 1.80. The second-order valence-electron chi connectivity index (χ2n) is 5.43. The number of aromatic nitrogens is 2. The van der Waals surface area contributed by atoms with E-state index in [2.05, 4.69) is 9.97 Å². The van der Waals surface area contributed by atoms with Crippen molar-refractivity contribution in [2.45, 2.75) is 12.8 Å². The molecule has 0 amide bonds. The minimum atomic E-state index is -1.09. The minimum absolute atomic E-state index is 0.149. The Morgan fingerprint density at radius 2 is 1.62 bits per heavy atom. The van der Waals surface area contributed by atoms with E-state index in [0.29, 0.717) is 11.4 Å². The predicted molar refractivity (Wildman–Crippen MR) is 88.1 cm³/mol. The van der Waals surface area contributed by atoms with Crippen LogP contribution in [0.15, 0.2) is 60.9 Å². The first-order valence-corrected chi connectivity index (χ1v) is 7.42. The Morgan fingerprint density at radius 1 is 1.00 bits per heavy atom. The molecular formula is C19H15FN2O2. The first-order chi connectivity index (χ1) is 11.6. The summed E-state index contributed by atoms with van der Waals surface area (Å²) in [4.78, 5) is 19.9. The summed E-state index contributed by atoms with van der Waals surface area (Å²) in [5.41, 5.74) is 2.38. The summed E-state index contributed by atoms with van der Waals surface area (Å²) >= 11 is 0. The molecule has 0 fully saturated rings. The first kappa shape index (κ1) is 15.8. The fraction of sp³-hybridized carbons (Fsp3) is 0.105. The van der Waals surface area contributed by atoms with Gasteiger partial charge in [0.05, 0.1) is 0 Å². The van der Waals surface area contributed by atoms with Crippen LogP contribution in [0.5, 0.6) is 0 Å². The van der Waals surface area contributed by atoms with Crippen molar-refractivity contribution in [1.29, 1.82) is 0 Å². The summed E-state index contributed by atoms with van der Waals surface area (Å²) in [5.74, 6) is -1.98. The molecule has 0 spiro atoms. The van der Waals surface area contributed by atoms with Gasteiger partial charge in [0.2, 0.25) is 0 Å². The quantitative estimate of drug-likeness (QED) is 0.793. The van der Waals surface area contributed by atoms with Crippen LogP contribution in [0.4, 0.5) is 4.39 Å². The molecular weight excluding hydrogens is 307 g/mol. The third-order valence-corrected chi connectivity index (χ3v) is 3.82. The van der Waals surface area contributed by atoms with Gasteiger partial charge in [0.1, 0.15) is 17.6 Å². The molecule has 0 aliphatic heterocycles. The molecule has 24 heavy (non-hydrogen) atoms. The average Bonchev–Trinajstić information content (AvgIpc) is 2.58. The van der Waals surface area contributed by atoms with E-state index in [1.54, 1.807) is 49.6 Å². The molecule has 1 heterocycles. The fourth-order valence-electron chi connectivity index (χ4n) is 2.57. The number of aliphatic carboxylic acids is 1. The highest BCUT2D eigenvalue weighted by atomic mass is 19.1. The van der Waals surface area contributed by atoms with Crippen LogP contribution in [0.3, 0.4) is 0 Å². The molecule has 5 heteroatoms. The Morgan fingerprint density at radius 3 is 2.21 bits per heavy atom. The zero-order chi connectivity index (χ0) is 17.1. The molecule has 0 saturated heterocycles. The Labute approximate surface area is 138 Å². The maximum Gasteiger partial charge on any atom is 0.315 e. The van der Waals surface area contributed by atoms with E-state index in [1.165, 1.54) is 18.2 Å². The van der Waals surface area contributed by atoms with Gasteiger partial charge in [-0.3, -0.25) is 4.79 Å². The summed E-state index contributed by atoms with van der Waals surface area (Å²) < 4.78 is 14.0. The normalized spacial score (nSPS) is 11.9. The molecule has 1 unspecified atom stereocenters. The minimum Gasteiger partial charge on any atom is -0.481 e. The van der Waals surface area contributed by atoms with Gasteiger partial charge in [-0.1, -0.05) is 42.5 Å². The number of rotatable bonds is 4. The number of aryl methyl sites for hydroxylation is 1. The summed E-state index contributed by atoms with van der Waals surface area (Å²) in [7, 11) is 0. The van der Waals surface area contributed by atoms with E-state index in [9.17, 15) is 14.3 Å². The van der Waals surface area contributed by atoms with Gasteiger partial charge in [0.15, 0.2) is 0 Å². The average molecular weight is 322 g/mol. The van der Waals surface area contributed by atoms with Crippen molar-refractivity contribution < 1.29 is 14.3 Å². The smallest absolute Gasteiger partial charge is 0.315 e. The van der Waals surface area contributed by atoms with Gasteiger partial charge >= 0.3 is 5.97 Å². The van der Waals surface area contributed by atoms with Crippen molar-refractivity contribution >= 4 is 5.97 Å². The van der Waals surface area contributed by atoms with Crippen LogP contribution in [0, 0.1) is 12.7 Å². The molecule has 0 radical (unpaired) electrons. The largest absolute Gasteiger partial charge is 0.481 e. The number of carboxylic acid groups (broad SMARTS) is 1. The van der Waals surface area contributed by atoms with Crippen molar-refractivity contribution in [1.82, 2.24) is 9.97 Å². The van der Waals surface area contributed by atoms with E-state index >= 15 is 0 Å². The summed E-state index contributed by atoms with van der Waals surface area (Å²) in [6, 6.07) is 12.9. The second kappa shape index (κ2) is 6.58. The topological polar surface area (TPSA) is 63.1 Å². The van der Waals surface area contributed by atoms with Gasteiger partial charge in [0.25, 0.3) is 0 Å². The van der Waals surface area contributed by atoms with Crippen molar-refractivity contribution in [2.24, 2.45) is 0 Å². The highest BCUT2D eigenvalue weighted by Gasteiger charge is 2.24. The van der Waals surface area contributed by atoms with E-state index < -0.39 is 17.7 Å². The van der Waals surface area contributed by atoms with Crippen LogP contribution >= 0.6 is 0 Å². The first-order valence-electron chi connectivity index (χ1n) is 7.42. The number of nitrogens with zero attached hydrogens (tertiary/aromatic N) is 2. The zero-order valence-corrected chi connectivity index (χ0v) is 13.0. The molecule has 4 nitrogen and oxygen atoms in total. The van der Waals surface area contributed by atoms with E-state index in [4.69, 9.17) is 0 Å². The number of hydrogen-bond donors (Lipinski definition) is 1. The number of halogens is 1. The van der Waals surface area contributed by atoms with Crippen LogP contribution in [0.25, 0.3) is 11.1 Å². The molecule has 0 bridgehead atoms. The Bertz CT molecular complexity index is 861. The molecule has 1 aromatic heterocycles. The molecule has 1 atom stereocenters. The number of carbonyl (C=O) groups is 1. The third-order valence-electron chi connectivity index (χ3n) is 3.82. The van der Waals surface area contributed by atoms with Gasteiger partial charge in [-0.05, 0) is 24.1 Å². The Hall–Kier alpha value is -3.08. The Balaban J connectivity index is 1.97. The lowest BCUT2D eigenvalue weighted by molar-refractivity contribution is -0.137. The number of hydrogen-bond acceptors (Lipinski definition) is 3. The molecule has 0 saturated carbocycles. The zero-order valence-electron chi connectivity index (χ0n) is 13.0. The van der Waals surface area contributed by atoms with E-state index in [-0.39, 0.29) is 5.56 Å². The lowest BCUT2D eigenvalue weighted by atomic mass is 9.90. The lowest BCUT2D eigenvalue weighted by Gasteiger charge is -2.14. The van der Waals surface area contributed by atoms with E-state index in [0.717, 1.165) is 11.1 Å². The van der Waals surface area contributed by atoms with Gasteiger partial charge in [-0.25, -0.2) is 14.4 Å². The monoisotopic (exact) mass is 322 g/mol. The number of carboxylic acids is 1. The maximum absolute atomic E-state index is 14.0. The van der Waals surface area contributed by atoms with Crippen molar-refractivity contribution in [3.05, 3.63) is 83.7 Å². The molecule has 120 valence electrons. The van der Waals surface area contributed by atoms with E-state index in [1.807, 2.05) is 0 Å². The maximum atomic E-state index is 14.0. The highest BCUT2D eigenvalue weighted by Crippen LogP contribution is 2.29. The molecule has 1 N–H and O–H groups in total. The van der Waals surface area contributed by atoms with Crippen LogP contribution in [-0.4, -0.2) is 21.0 Å². The molecule has 0 aliphatic rings. The molecule has 0 aliphatic carbocycles. The van der Waals surface area contributed by atoms with Gasteiger partial charge in [-0.15, -0.1) is 0 Å². The van der Waals surface area contributed by atoms with Crippen molar-refractivity contribution in [3.8, 4) is 11.1 Å². The van der Waals surface area contributed by atoms with Crippen LogP contribution in [0.1, 0.15) is 22.9 Å². The lowest BCUT2D eigenvalue weighted by Crippen LogP contribution is -2.14. The van der Waals surface area contributed by atoms with Gasteiger partial charge in [-0.2, -0.15) is 0 Å². The number of benzene rings is 2. The predicted octanol–water partition coefficient (Wildman–Crippen LogP) is 3.81. The molecule has 2 aromatic carbocycles. The Kier molecular flexibility index (Phi) is 4.33. The van der Waals surface area contributed by atoms with Gasteiger partial charge < -0.3 is 5.11 Å². The van der Waals surface area contributed by atoms with Crippen molar-refractivity contribution in [3.63, 3.8) is 0 Å². The second-order valence-corrected chi connectivity index (χ2v) is 5.43. The van der Waals surface area contributed by atoms with Crippen LogP contribution in [0.2, 0.25) is 0 Å². The van der Waals surface area contributed by atoms with Crippen LogP contribution in [-0.2, 0) is 4.79 Å². The summed E-state index contributed by atoms with van der Waals surface area (Å²) in [5, 5.41) is 9.53. The molecule has 3 rings (SSSR count). The van der Waals surface area contributed by atoms with Crippen LogP contribution < -0.4 is 0 Å². The summed E-state index contributed by atoms with van der Waals surface area (Å²) in [6.07, 6.45) is 3.42. The standard InChI is InChI=1S/C19H15FN2O2/c1-12-21-10-15(11-22-12)13-6-8-14(9-7-13)18(19(23)24)16-4-2-3-5-17(16)20/h2-11,18H,1H3,(H,23,24). The van der Waals surface area contributed by atoms with Gasteiger partial charge in [0, 0.05) is 23.5 Å². The fourth-order valence-corrected chi connectivity index (χ4v) is 2.57. The van der Waals surface area contributed by atoms with Crippen molar-refractivity contribution in [2.75, 3.05) is 0 Å². The SMILES string of the molecule is Cc1ncc(-c2ccc(C(C(=O)O)c3ccccc3F)cc2)cn1. The highest BCUT2D eigenvalue weighted by molar-refractivity contribution is 5.81. The molecule has 3 aromatic rings. The third kappa shape index (κ3) is 3.15.